The molecule has 0 spiro atoms. The lowest BCUT2D eigenvalue weighted by Crippen LogP contribution is -2.41. The number of carbonyl (C=O) groups excluding carboxylic acids is 1. The van der Waals surface area contributed by atoms with E-state index in [4.69, 9.17) is 21.3 Å². The number of likely N-dealkylation sites (tertiary alicyclic amines) is 1. The van der Waals surface area contributed by atoms with Crippen molar-refractivity contribution >= 4 is 28.5 Å². The van der Waals surface area contributed by atoms with E-state index in [1.165, 1.54) is 0 Å². The molecule has 132 valence electrons. The topological polar surface area (TPSA) is 58.2 Å². The Morgan fingerprint density at radius 3 is 3.04 bits per heavy atom. The molecular formula is C20H18ClN3O2. The molecule has 1 fully saturated rings. The summed E-state index contributed by atoms with van der Waals surface area (Å²) in [7, 11) is 0. The molecule has 2 atom stereocenters. The molecule has 2 aromatic carbocycles. The van der Waals surface area contributed by atoms with E-state index in [9.17, 15) is 4.79 Å². The van der Waals surface area contributed by atoms with Crippen molar-refractivity contribution in [2.24, 2.45) is 0 Å². The fourth-order valence-corrected chi connectivity index (χ4v) is 4.18. The zero-order chi connectivity index (χ0) is 17.7. The van der Waals surface area contributed by atoms with E-state index >= 15 is 0 Å². The van der Waals surface area contributed by atoms with Crippen molar-refractivity contribution in [2.75, 3.05) is 6.54 Å². The quantitative estimate of drug-likeness (QED) is 0.747. The number of carbonyl (C=O) groups is 1. The summed E-state index contributed by atoms with van der Waals surface area (Å²) in [6.07, 6.45) is 1.97. The van der Waals surface area contributed by atoms with Crippen LogP contribution in [0, 0.1) is 0 Å². The van der Waals surface area contributed by atoms with Gasteiger partial charge in [-0.25, -0.2) is 4.98 Å². The van der Waals surface area contributed by atoms with E-state index in [1.54, 1.807) is 6.07 Å². The van der Waals surface area contributed by atoms with Gasteiger partial charge in [0.05, 0.1) is 17.1 Å². The van der Waals surface area contributed by atoms with Crippen LogP contribution >= 0.6 is 11.6 Å². The minimum Gasteiger partial charge on any atom is -0.480 e. The van der Waals surface area contributed by atoms with Gasteiger partial charge < -0.3 is 14.6 Å². The number of hydrogen-bond acceptors (Lipinski definition) is 3. The predicted octanol–water partition coefficient (Wildman–Crippen LogP) is 3.88. The molecule has 5 nitrogen and oxygen atoms in total. The maximum Gasteiger partial charge on any atom is 0.264 e. The lowest BCUT2D eigenvalue weighted by molar-refractivity contribution is -0.139. The minimum atomic E-state index is -0.478. The third-order valence-corrected chi connectivity index (χ3v) is 5.47. The van der Waals surface area contributed by atoms with Crippen LogP contribution in [0.1, 0.15) is 30.3 Å². The highest BCUT2D eigenvalue weighted by molar-refractivity contribution is 6.30. The lowest BCUT2D eigenvalue weighted by atomic mass is 10.1. The lowest BCUT2D eigenvalue weighted by Gasteiger charge is -2.25. The van der Waals surface area contributed by atoms with Gasteiger partial charge in [-0.15, -0.1) is 0 Å². The van der Waals surface area contributed by atoms with Gasteiger partial charge >= 0.3 is 0 Å². The second kappa shape index (κ2) is 6.02. The van der Waals surface area contributed by atoms with Crippen molar-refractivity contribution in [3.8, 4) is 5.75 Å². The number of benzene rings is 2. The normalized spacial score (nSPS) is 21.8. The predicted molar refractivity (Wildman–Crippen MR) is 99.4 cm³/mol. The highest BCUT2D eigenvalue weighted by Crippen LogP contribution is 2.36. The largest absolute Gasteiger partial charge is 0.480 e. The van der Waals surface area contributed by atoms with Crippen molar-refractivity contribution in [3.63, 3.8) is 0 Å². The van der Waals surface area contributed by atoms with Crippen LogP contribution in [0.15, 0.2) is 42.5 Å². The van der Waals surface area contributed by atoms with Crippen LogP contribution in [0.2, 0.25) is 5.02 Å². The average molecular weight is 368 g/mol. The molecule has 1 amide bonds. The van der Waals surface area contributed by atoms with Crippen LogP contribution in [-0.4, -0.2) is 33.4 Å². The standard InChI is InChI=1S/C20H18ClN3O2/c21-13-7-8-17-12(10-13)11-18(26-17)20(25)24-9-3-6-16(24)19-22-14-4-1-2-5-15(14)23-19/h1-2,4-5,7-8,10,16,18H,3,6,9,11H2,(H,22,23)/t16-,18+/m0/s1. The van der Waals surface area contributed by atoms with Gasteiger partial charge in [-0.05, 0) is 48.7 Å². The maximum atomic E-state index is 13.1. The molecule has 0 unspecified atom stereocenters. The second-order valence-electron chi connectivity index (χ2n) is 6.89. The molecule has 1 N–H and O–H groups in total. The number of imidazole rings is 1. The molecule has 3 aromatic rings. The van der Waals surface area contributed by atoms with Gasteiger partial charge in [-0.3, -0.25) is 4.79 Å². The third kappa shape index (κ3) is 2.54. The Morgan fingerprint density at radius 2 is 2.15 bits per heavy atom. The van der Waals surface area contributed by atoms with E-state index < -0.39 is 6.10 Å². The Hall–Kier alpha value is -2.53. The molecule has 0 saturated carbocycles. The molecular weight excluding hydrogens is 350 g/mol. The monoisotopic (exact) mass is 367 g/mol. The van der Waals surface area contributed by atoms with E-state index in [2.05, 4.69) is 4.98 Å². The summed E-state index contributed by atoms with van der Waals surface area (Å²) in [4.78, 5) is 23.1. The Kier molecular flexibility index (Phi) is 3.64. The smallest absolute Gasteiger partial charge is 0.264 e. The van der Waals surface area contributed by atoms with E-state index in [0.29, 0.717) is 11.4 Å². The van der Waals surface area contributed by atoms with Crippen molar-refractivity contribution in [1.29, 1.82) is 0 Å². The Balaban J connectivity index is 1.39. The Labute approximate surface area is 155 Å². The molecule has 1 aromatic heterocycles. The van der Waals surface area contributed by atoms with Crippen LogP contribution < -0.4 is 4.74 Å². The van der Waals surface area contributed by atoms with Gasteiger partial charge in [0.1, 0.15) is 11.6 Å². The van der Waals surface area contributed by atoms with Gasteiger partial charge in [0, 0.05) is 18.0 Å². The highest BCUT2D eigenvalue weighted by atomic mass is 35.5. The molecule has 2 aliphatic rings. The van der Waals surface area contributed by atoms with Crippen LogP contribution in [0.3, 0.4) is 0 Å². The van der Waals surface area contributed by atoms with Gasteiger partial charge in [0.2, 0.25) is 0 Å². The SMILES string of the molecule is O=C([C@H]1Cc2cc(Cl)ccc2O1)N1CCC[C@H]1c1nc2ccccc2[nH]1. The molecule has 2 aliphatic heterocycles. The summed E-state index contributed by atoms with van der Waals surface area (Å²) in [6.45, 7) is 0.734. The van der Waals surface area contributed by atoms with Crippen LogP contribution in [0.25, 0.3) is 11.0 Å². The Bertz CT molecular complexity index is 967. The minimum absolute atomic E-state index is 0.0224. The number of hydrogen-bond donors (Lipinski definition) is 1. The summed E-state index contributed by atoms with van der Waals surface area (Å²) < 4.78 is 5.90. The zero-order valence-corrected chi connectivity index (χ0v) is 14.9. The highest BCUT2D eigenvalue weighted by Gasteiger charge is 2.39. The van der Waals surface area contributed by atoms with Crippen molar-refractivity contribution in [1.82, 2.24) is 14.9 Å². The number of nitrogens with one attached hydrogen (secondary N) is 1. The number of H-pyrrole nitrogens is 1. The summed E-state index contributed by atoms with van der Waals surface area (Å²) >= 11 is 6.06. The maximum absolute atomic E-state index is 13.1. The summed E-state index contributed by atoms with van der Waals surface area (Å²) in [5, 5.41) is 0.668. The number of aromatic nitrogens is 2. The van der Waals surface area contributed by atoms with Crippen molar-refractivity contribution in [3.05, 3.63) is 58.9 Å². The summed E-state index contributed by atoms with van der Waals surface area (Å²) in [6, 6.07) is 13.4. The molecule has 3 heterocycles. The third-order valence-electron chi connectivity index (χ3n) is 5.23. The van der Waals surface area contributed by atoms with Crippen LogP contribution in [0.5, 0.6) is 5.75 Å². The fraction of sp³-hybridized carbons (Fsp3) is 0.300. The second-order valence-corrected chi connectivity index (χ2v) is 7.33. The number of aromatic amines is 1. The molecule has 6 heteroatoms. The fourth-order valence-electron chi connectivity index (χ4n) is 3.98. The molecule has 1 saturated heterocycles. The number of halogens is 1. The van der Waals surface area contributed by atoms with E-state index in [1.807, 2.05) is 41.3 Å². The van der Waals surface area contributed by atoms with Gasteiger partial charge in [0.15, 0.2) is 6.10 Å². The first kappa shape index (κ1) is 15.7. The van der Waals surface area contributed by atoms with Gasteiger partial charge in [-0.1, -0.05) is 23.7 Å². The van der Waals surface area contributed by atoms with E-state index in [0.717, 1.165) is 47.6 Å². The first-order valence-corrected chi connectivity index (χ1v) is 9.27. The number of para-hydroxylation sites is 2. The average Bonchev–Trinajstić information content (AvgIpc) is 3.36. The van der Waals surface area contributed by atoms with E-state index in [-0.39, 0.29) is 11.9 Å². The van der Waals surface area contributed by atoms with Crippen LogP contribution in [-0.2, 0) is 11.2 Å². The van der Waals surface area contributed by atoms with Gasteiger partial charge in [-0.2, -0.15) is 0 Å². The van der Waals surface area contributed by atoms with Crippen molar-refractivity contribution in [2.45, 2.75) is 31.4 Å². The zero-order valence-electron chi connectivity index (χ0n) is 14.1. The number of ether oxygens (including phenoxy) is 1. The number of amides is 1. The Morgan fingerprint density at radius 1 is 1.27 bits per heavy atom. The molecule has 5 rings (SSSR count). The van der Waals surface area contributed by atoms with Crippen molar-refractivity contribution < 1.29 is 9.53 Å². The first-order valence-electron chi connectivity index (χ1n) is 8.89. The van der Waals surface area contributed by atoms with Crippen LogP contribution in [0.4, 0.5) is 0 Å². The number of rotatable bonds is 2. The summed E-state index contributed by atoms with van der Waals surface area (Å²) in [5.41, 5.74) is 2.93. The summed E-state index contributed by atoms with van der Waals surface area (Å²) in [5.74, 6) is 1.64. The molecule has 26 heavy (non-hydrogen) atoms. The first-order chi connectivity index (χ1) is 12.7. The van der Waals surface area contributed by atoms with Gasteiger partial charge in [0.25, 0.3) is 5.91 Å². The number of nitrogens with zero attached hydrogens (tertiary/aromatic N) is 2. The molecule has 0 radical (unpaired) electrons. The molecule has 0 aliphatic carbocycles. The molecule has 0 bridgehead atoms. The number of fused-ring (bicyclic) bond motifs is 2.